The molecule has 6 nitrogen and oxygen atoms in total. The highest BCUT2D eigenvalue weighted by molar-refractivity contribution is 5.71. The highest BCUT2D eigenvalue weighted by Gasteiger charge is 2.19. The van der Waals surface area contributed by atoms with E-state index in [9.17, 15) is 14.4 Å². The Bertz CT molecular complexity index is 1200. The van der Waals surface area contributed by atoms with Gasteiger partial charge in [0.1, 0.15) is 13.2 Å². The fraction of sp³-hybridized carbons (Fsp3) is 0.825. The number of rotatable bonds is 55. The zero-order valence-electron chi connectivity index (χ0n) is 46.1. The van der Waals surface area contributed by atoms with E-state index in [0.717, 1.165) is 77.0 Å². The molecule has 0 aromatic rings. The molecule has 1 unspecified atom stereocenters. The highest BCUT2D eigenvalue weighted by atomic mass is 16.6. The summed E-state index contributed by atoms with van der Waals surface area (Å²) in [7, 11) is 0. The van der Waals surface area contributed by atoms with Gasteiger partial charge in [-0.15, -0.1) is 0 Å². The molecule has 1 atom stereocenters. The first-order chi connectivity index (χ1) is 34.0. The lowest BCUT2D eigenvalue weighted by molar-refractivity contribution is -0.167. The van der Waals surface area contributed by atoms with Gasteiger partial charge in [-0.1, -0.05) is 262 Å². The molecule has 69 heavy (non-hydrogen) atoms. The third kappa shape index (κ3) is 56.2. The fourth-order valence-corrected chi connectivity index (χ4v) is 8.74. The van der Waals surface area contributed by atoms with Gasteiger partial charge in [0.05, 0.1) is 0 Å². The minimum absolute atomic E-state index is 0.0757. The third-order valence-corrected chi connectivity index (χ3v) is 13.3. The van der Waals surface area contributed by atoms with Crippen molar-refractivity contribution < 1.29 is 28.6 Å². The van der Waals surface area contributed by atoms with Crippen molar-refractivity contribution in [2.24, 2.45) is 0 Å². The van der Waals surface area contributed by atoms with Crippen molar-refractivity contribution in [2.45, 2.75) is 322 Å². The van der Waals surface area contributed by atoms with E-state index in [-0.39, 0.29) is 31.1 Å². The second-order valence-corrected chi connectivity index (χ2v) is 20.3. The lowest BCUT2D eigenvalue weighted by Crippen LogP contribution is -2.30. The Morgan fingerprint density at radius 1 is 0.290 bits per heavy atom. The summed E-state index contributed by atoms with van der Waals surface area (Å²) in [6.45, 7) is 6.63. The van der Waals surface area contributed by atoms with E-state index in [1.165, 1.54) is 199 Å². The van der Waals surface area contributed by atoms with Gasteiger partial charge in [-0.05, 0) is 83.5 Å². The number of hydrogen-bond acceptors (Lipinski definition) is 6. The molecule has 0 aliphatic carbocycles. The van der Waals surface area contributed by atoms with E-state index in [1.54, 1.807) is 0 Å². The molecule has 0 spiro atoms. The number of unbranched alkanes of at least 4 members (excludes halogenated alkanes) is 36. The van der Waals surface area contributed by atoms with E-state index >= 15 is 0 Å². The van der Waals surface area contributed by atoms with Crippen LogP contribution in [0.2, 0.25) is 0 Å². The number of hydrogen-bond donors (Lipinski definition) is 0. The number of carbonyl (C=O) groups excluding carboxylic acids is 3. The molecule has 0 radical (unpaired) electrons. The van der Waals surface area contributed by atoms with Crippen LogP contribution >= 0.6 is 0 Å². The molecular formula is C63H114O6. The van der Waals surface area contributed by atoms with E-state index in [0.29, 0.717) is 19.3 Å². The average molecular weight is 968 g/mol. The maximum Gasteiger partial charge on any atom is 0.306 e. The summed E-state index contributed by atoms with van der Waals surface area (Å²) >= 11 is 0. The maximum absolute atomic E-state index is 12.9. The van der Waals surface area contributed by atoms with Gasteiger partial charge < -0.3 is 14.2 Å². The molecule has 0 N–H and O–H groups in total. The zero-order chi connectivity index (χ0) is 50.0. The van der Waals surface area contributed by atoms with E-state index in [2.05, 4.69) is 69.4 Å². The van der Waals surface area contributed by atoms with Crippen molar-refractivity contribution in [2.75, 3.05) is 13.2 Å². The van der Waals surface area contributed by atoms with Gasteiger partial charge in [-0.2, -0.15) is 0 Å². The molecule has 0 aromatic heterocycles. The van der Waals surface area contributed by atoms with E-state index in [4.69, 9.17) is 14.2 Å². The van der Waals surface area contributed by atoms with Crippen molar-refractivity contribution in [3.8, 4) is 0 Å². The monoisotopic (exact) mass is 967 g/mol. The molecule has 6 heteroatoms. The molecule has 0 saturated carbocycles. The predicted molar refractivity (Wildman–Crippen MR) is 298 cm³/mol. The quantitative estimate of drug-likeness (QED) is 0.0262. The van der Waals surface area contributed by atoms with Crippen LogP contribution in [0.25, 0.3) is 0 Å². The Hall–Kier alpha value is -2.63. The van der Waals surface area contributed by atoms with Crippen molar-refractivity contribution in [1.29, 1.82) is 0 Å². The maximum atomic E-state index is 12.9. The minimum Gasteiger partial charge on any atom is -0.462 e. The summed E-state index contributed by atoms with van der Waals surface area (Å²) in [5.74, 6) is -0.879. The zero-order valence-corrected chi connectivity index (χ0v) is 46.1. The van der Waals surface area contributed by atoms with Gasteiger partial charge in [-0.3, -0.25) is 14.4 Å². The molecule has 0 aliphatic rings. The lowest BCUT2D eigenvalue weighted by Gasteiger charge is -2.18. The molecule has 0 aliphatic heterocycles. The van der Waals surface area contributed by atoms with Gasteiger partial charge in [0.2, 0.25) is 0 Å². The lowest BCUT2D eigenvalue weighted by atomic mass is 10.1. The summed E-state index contributed by atoms with van der Waals surface area (Å²) in [6.07, 6.45) is 71.1. The Balaban J connectivity index is 4.26. The minimum atomic E-state index is -0.777. The van der Waals surface area contributed by atoms with Gasteiger partial charge >= 0.3 is 17.9 Å². The average Bonchev–Trinajstić information content (AvgIpc) is 3.35. The van der Waals surface area contributed by atoms with Crippen LogP contribution in [0.15, 0.2) is 48.6 Å². The van der Waals surface area contributed by atoms with Crippen LogP contribution in [0.5, 0.6) is 0 Å². The van der Waals surface area contributed by atoms with Crippen molar-refractivity contribution in [3.05, 3.63) is 48.6 Å². The predicted octanol–water partition coefficient (Wildman–Crippen LogP) is 20.2. The second-order valence-electron chi connectivity index (χ2n) is 20.3. The summed E-state index contributed by atoms with van der Waals surface area (Å²) < 4.78 is 16.8. The van der Waals surface area contributed by atoms with Gasteiger partial charge in [0, 0.05) is 19.3 Å². The van der Waals surface area contributed by atoms with Crippen molar-refractivity contribution in [1.82, 2.24) is 0 Å². The first-order valence-electron chi connectivity index (χ1n) is 30.1. The standard InChI is InChI=1S/C63H114O6/c1-4-7-10-13-16-19-21-23-25-27-29-31-33-35-37-39-41-44-47-50-53-56-62(65)68-59-60(58-67-61(64)55-52-49-46-43-18-15-12-9-6-3)69-63(66)57-54-51-48-45-42-40-38-36-34-32-30-28-26-24-22-20-17-14-11-8-5-2/h21,23,27-30,33,35,60H,4-20,22,24-26,31-32,34,36-59H2,1-3H3/b23-21-,29-27-,30-28-,35-33-. The number of allylic oxidation sites excluding steroid dienone is 8. The Kier molecular flexibility index (Phi) is 55.7. The summed E-state index contributed by atoms with van der Waals surface area (Å²) in [5.41, 5.74) is 0. The van der Waals surface area contributed by atoms with Crippen molar-refractivity contribution in [3.63, 3.8) is 0 Å². The summed E-state index contributed by atoms with van der Waals surface area (Å²) in [6, 6.07) is 0. The smallest absolute Gasteiger partial charge is 0.306 e. The normalized spacial score (nSPS) is 12.3. The Morgan fingerprint density at radius 3 is 0.826 bits per heavy atom. The van der Waals surface area contributed by atoms with Crippen LogP contribution in [-0.4, -0.2) is 37.2 Å². The van der Waals surface area contributed by atoms with Crippen LogP contribution < -0.4 is 0 Å². The third-order valence-electron chi connectivity index (χ3n) is 13.3. The van der Waals surface area contributed by atoms with Gasteiger partial charge in [0.25, 0.3) is 0 Å². The number of esters is 3. The fourth-order valence-electron chi connectivity index (χ4n) is 8.74. The summed E-state index contributed by atoms with van der Waals surface area (Å²) in [4.78, 5) is 38.1. The van der Waals surface area contributed by atoms with Crippen LogP contribution in [0.4, 0.5) is 0 Å². The molecule has 402 valence electrons. The first kappa shape index (κ1) is 66.4. The van der Waals surface area contributed by atoms with Crippen LogP contribution in [-0.2, 0) is 28.6 Å². The molecular weight excluding hydrogens is 853 g/mol. The Labute approximate surface area is 428 Å². The molecule has 0 aromatic carbocycles. The van der Waals surface area contributed by atoms with Crippen molar-refractivity contribution >= 4 is 17.9 Å². The number of carbonyl (C=O) groups is 3. The van der Waals surface area contributed by atoms with Crippen LogP contribution in [0, 0.1) is 0 Å². The van der Waals surface area contributed by atoms with E-state index in [1.807, 2.05) is 0 Å². The second kappa shape index (κ2) is 57.9. The highest BCUT2D eigenvalue weighted by Crippen LogP contribution is 2.16. The molecule has 0 rings (SSSR count). The molecule has 0 bridgehead atoms. The topological polar surface area (TPSA) is 78.9 Å². The van der Waals surface area contributed by atoms with E-state index < -0.39 is 6.10 Å². The molecule has 0 heterocycles. The first-order valence-corrected chi connectivity index (χ1v) is 30.1. The van der Waals surface area contributed by atoms with Crippen LogP contribution in [0.3, 0.4) is 0 Å². The Morgan fingerprint density at radius 2 is 0.522 bits per heavy atom. The number of ether oxygens (including phenoxy) is 3. The summed E-state index contributed by atoms with van der Waals surface area (Å²) in [5, 5.41) is 0. The molecule has 0 fully saturated rings. The van der Waals surface area contributed by atoms with Crippen LogP contribution in [0.1, 0.15) is 316 Å². The molecule has 0 saturated heterocycles. The largest absolute Gasteiger partial charge is 0.462 e. The van der Waals surface area contributed by atoms with Gasteiger partial charge in [-0.25, -0.2) is 0 Å². The molecule has 0 amide bonds. The SMILES string of the molecule is CCCCCCC/C=C\C/C=C\C/C=C\CCCCCCCCC(=O)OCC(COC(=O)CCCCCCCCCCC)OC(=O)CCCCCCCCCCC/C=C\CCCCCCCCCC. The van der Waals surface area contributed by atoms with Gasteiger partial charge in [0.15, 0.2) is 6.10 Å².